The number of hydrogen-bond donors (Lipinski definition) is 0. The van der Waals surface area contributed by atoms with Crippen LogP contribution in [-0.4, -0.2) is 27.5 Å². The van der Waals surface area contributed by atoms with E-state index in [0.29, 0.717) is 0 Å². The van der Waals surface area contributed by atoms with Crippen molar-refractivity contribution < 1.29 is 14.0 Å². The summed E-state index contributed by atoms with van der Waals surface area (Å²) in [5.74, 6) is -0.503. The van der Waals surface area contributed by atoms with Gasteiger partial charge in [-0.2, -0.15) is 0 Å². The predicted octanol–water partition coefficient (Wildman–Crippen LogP) is 3.76. The molecule has 0 heterocycles. The molecular formula is C14H28O3Si. The van der Waals surface area contributed by atoms with Crippen molar-refractivity contribution in [1.29, 1.82) is 0 Å². The highest BCUT2D eigenvalue weighted by Crippen LogP contribution is 2.38. The maximum absolute atomic E-state index is 11.6. The molecule has 18 heavy (non-hydrogen) atoms. The van der Waals surface area contributed by atoms with Crippen LogP contribution >= 0.6 is 0 Å². The van der Waals surface area contributed by atoms with E-state index in [0.717, 1.165) is 0 Å². The van der Waals surface area contributed by atoms with Gasteiger partial charge in [-0.15, -0.1) is 0 Å². The second-order valence-corrected chi connectivity index (χ2v) is 10.9. The molecule has 0 aliphatic heterocycles. The van der Waals surface area contributed by atoms with Crippen LogP contribution in [0.2, 0.25) is 18.1 Å². The lowest BCUT2D eigenvalue weighted by Gasteiger charge is -2.39. The zero-order chi connectivity index (χ0) is 14.6. The Morgan fingerprint density at radius 2 is 1.78 bits per heavy atom. The van der Waals surface area contributed by atoms with Gasteiger partial charge < -0.3 is 9.16 Å². The van der Waals surface area contributed by atoms with Gasteiger partial charge in [0.1, 0.15) is 0 Å². The van der Waals surface area contributed by atoms with Gasteiger partial charge in [-0.3, -0.25) is 4.79 Å². The molecule has 0 aromatic rings. The molecule has 0 rings (SSSR count). The topological polar surface area (TPSA) is 35.5 Å². The summed E-state index contributed by atoms with van der Waals surface area (Å²) in [6.45, 7) is 14.7. The van der Waals surface area contributed by atoms with E-state index in [4.69, 9.17) is 9.16 Å². The van der Waals surface area contributed by atoms with Gasteiger partial charge in [-0.05, 0) is 32.0 Å². The van der Waals surface area contributed by atoms with Crippen LogP contribution in [0.5, 0.6) is 0 Å². The molecule has 0 N–H and O–H groups in total. The number of ether oxygens (including phenoxy) is 1. The Labute approximate surface area is 113 Å². The van der Waals surface area contributed by atoms with Crippen LogP contribution in [0.15, 0.2) is 12.2 Å². The predicted molar refractivity (Wildman–Crippen MR) is 78.1 cm³/mol. The Kier molecular flexibility index (Phi) is 6.30. The molecule has 0 saturated carbocycles. The van der Waals surface area contributed by atoms with Crippen molar-refractivity contribution in [3.05, 3.63) is 12.2 Å². The van der Waals surface area contributed by atoms with E-state index in [1.54, 1.807) is 0 Å². The molecule has 3 nitrogen and oxygen atoms in total. The highest BCUT2D eigenvalue weighted by atomic mass is 28.4. The number of rotatable bonds is 5. The molecule has 106 valence electrons. The summed E-state index contributed by atoms with van der Waals surface area (Å²) in [5.41, 5.74) is 0. The van der Waals surface area contributed by atoms with Gasteiger partial charge in [-0.25, -0.2) is 0 Å². The van der Waals surface area contributed by atoms with Crippen molar-refractivity contribution >= 4 is 14.3 Å². The number of hydrogen-bond acceptors (Lipinski definition) is 3. The SMILES string of the molecule is C/C=C/[C@H](O[Si](C)(C)C(C)(C)C)[C@@H](C)C(=O)OC. The maximum atomic E-state index is 11.6. The second kappa shape index (κ2) is 6.52. The quantitative estimate of drug-likeness (QED) is 0.434. The number of carbonyl (C=O) groups is 1. The van der Waals surface area contributed by atoms with Crippen LogP contribution in [0.25, 0.3) is 0 Å². The van der Waals surface area contributed by atoms with Crippen molar-refractivity contribution in [2.75, 3.05) is 7.11 Å². The zero-order valence-electron chi connectivity index (χ0n) is 13.0. The average molecular weight is 272 g/mol. The molecule has 0 saturated heterocycles. The van der Waals surface area contributed by atoms with E-state index < -0.39 is 8.32 Å². The third kappa shape index (κ3) is 4.57. The minimum absolute atomic E-state index is 0.128. The zero-order valence-corrected chi connectivity index (χ0v) is 14.0. The van der Waals surface area contributed by atoms with Gasteiger partial charge in [0.05, 0.1) is 19.1 Å². The van der Waals surface area contributed by atoms with E-state index in [9.17, 15) is 4.79 Å². The van der Waals surface area contributed by atoms with Gasteiger partial charge in [0, 0.05) is 0 Å². The number of carbonyl (C=O) groups excluding carboxylic acids is 1. The fourth-order valence-electron chi connectivity index (χ4n) is 1.33. The van der Waals surface area contributed by atoms with Crippen molar-refractivity contribution in [2.45, 2.75) is 58.9 Å². The molecule has 2 atom stereocenters. The van der Waals surface area contributed by atoms with Crippen molar-refractivity contribution in [2.24, 2.45) is 5.92 Å². The molecule has 0 unspecified atom stereocenters. The standard InChI is InChI=1S/C14H28O3Si/c1-9-10-12(11(2)13(15)16-6)17-18(7,8)14(3,4)5/h9-12H,1-8H3/b10-9+/t11-,12+/m1/s1. The van der Waals surface area contributed by atoms with E-state index in [1.807, 2.05) is 26.0 Å². The minimum Gasteiger partial charge on any atom is -0.469 e. The van der Waals surface area contributed by atoms with Gasteiger partial charge >= 0.3 is 5.97 Å². The fourth-order valence-corrected chi connectivity index (χ4v) is 2.65. The maximum Gasteiger partial charge on any atom is 0.311 e. The third-order valence-electron chi connectivity index (χ3n) is 3.68. The molecule has 0 aliphatic carbocycles. The Hall–Kier alpha value is -0.613. The highest BCUT2D eigenvalue weighted by Gasteiger charge is 2.40. The summed E-state index contributed by atoms with van der Waals surface area (Å²) in [4.78, 5) is 11.6. The minimum atomic E-state index is -1.89. The van der Waals surface area contributed by atoms with Gasteiger partial charge in [0.2, 0.25) is 0 Å². The van der Waals surface area contributed by atoms with Gasteiger partial charge in [0.25, 0.3) is 0 Å². The van der Waals surface area contributed by atoms with Crippen molar-refractivity contribution in [3.63, 3.8) is 0 Å². The smallest absolute Gasteiger partial charge is 0.311 e. The summed E-state index contributed by atoms with van der Waals surface area (Å²) in [6.07, 6.45) is 3.67. The van der Waals surface area contributed by atoms with Gasteiger partial charge in [0.15, 0.2) is 8.32 Å². The number of allylic oxidation sites excluding steroid dienone is 1. The van der Waals surface area contributed by atoms with Crippen LogP contribution in [-0.2, 0) is 14.0 Å². The number of esters is 1. The summed E-state index contributed by atoms with van der Waals surface area (Å²) >= 11 is 0. The molecular weight excluding hydrogens is 244 g/mol. The van der Waals surface area contributed by atoms with Crippen LogP contribution in [0.1, 0.15) is 34.6 Å². The Morgan fingerprint density at radius 1 is 1.28 bits per heavy atom. The van der Waals surface area contributed by atoms with Crippen LogP contribution in [0.4, 0.5) is 0 Å². The molecule has 0 amide bonds. The monoisotopic (exact) mass is 272 g/mol. The first-order chi connectivity index (χ1) is 8.06. The summed E-state index contributed by atoms with van der Waals surface area (Å²) in [6, 6.07) is 0. The average Bonchev–Trinajstić information content (AvgIpc) is 2.24. The normalized spacial score (nSPS) is 16.7. The molecule has 0 radical (unpaired) electrons. The third-order valence-corrected chi connectivity index (χ3v) is 8.16. The molecule has 0 fully saturated rings. The fraction of sp³-hybridized carbons (Fsp3) is 0.786. The molecule has 0 aliphatic rings. The largest absolute Gasteiger partial charge is 0.469 e. The lowest BCUT2D eigenvalue weighted by atomic mass is 10.1. The molecule has 0 aromatic heterocycles. The molecule has 0 aromatic carbocycles. The van der Waals surface area contributed by atoms with Crippen molar-refractivity contribution in [3.8, 4) is 0 Å². The van der Waals surface area contributed by atoms with Crippen LogP contribution in [0, 0.1) is 5.92 Å². The lowest BCUT2D eigenvalue weighted by Crippen LogP contribution is -2.46. The highest BCUT2D eigenvalue weighted by molar-refractivity contribution is 6.74. The first-order valence-corrected chi connectivity index (χ1v) is 9.36. The van der Waals surface area contributed by atoms with E-state index in [2.05, 4.69) is 33.9 Å². The Balaban J connectivity index is 5.00. The molecule has 0 bridgehead atoms. The Morgan fingerprint density at radius 3 is 2.11 bits per heavy atom. The molecule has 0 spiro atoms. The van der Waals surface area contributed by atoms with E-state index in [-0.39, 0.29) is 23.0 Å². The van der Waals surface area contributed by atoms with Crippen LogP contribution < -0.4 is 0 Å². The second-order valence-electron chi connectivity index (χ2n) is 6.18. The summed E-state index contributed by atoms with van der Waals surface area (Å²) in [7, 11) is -0.471. The first kappa shape index (κ1) is 17.4. The lowest BCUT2D eigenvalue weighted by molar-refractivity contribution is -0.147. The summed E-state index contributed by atoms with van der Waals surface area (Å²) < 4.78 is 11.1. The summed E-state index contributed by atoms with van der Waals surface area (Å²) in [5, 5.41) is 0.128. The van der Waals surface area contributed by atoms with E-state index in [1.165, 1.54) is 7.11 Å². The number of methoxy groups -OCH3 is 1. The van der Waals surface area contributed by atoms with Crippen molar-refractivity contribution in [1.82, 2.24) is 0 Å². The van der Waals surface area contributed by atoms with Gasteiger partial charge in [-0.1, -0.05) is 32.9 Å². The first-order valence-electron chi connectivity index (χ1n) is 6.45. The van der Waals surface area contributed by atoms with E-state index >= 15 is 0 Å². The molecule has 4 heteroatoms. The van der Waals surface area contributed by atoms with Crippen LogP contribution in [0.3, 0.4) is 0 Å². The Bertz CT molecular complexity index is 303.